The molecule has 0 atom stereocenters. The fourth-order valence-electron chi connectivity index (χ4n) is 4.02. The molecule has 0 fully saturated rings. The van der Waals surface area contributed by atoms with E-state index in [2.05, 4.69) is 15.8 Å². The molecular formula is C25H21ClN6O2S2. The van der Waals surface area contributed by atoms with E-state index in [0.29, 0.717) is 27.1 Å². The Morgan fingerprint density at radius 2 is 1.75 bits per heavy atom. The van der Waals surface area contributed by atoms with Crippen molar-refractivity contribution in [1.29, 1.82) is 0 Å². The highest BCUT2D eigenvalue weighted by Crippen LogP contribution is 2.43. The van der Waals surface area contributed by atoms with Gasteiger partial charge >= 0.3 is 0 Å². The van der Waals surface area contributed by atoms with Crippen LogP contribution in [-0.4, -0.2) is 36.6 Å². The molecule has 2 N–H and O–H groups in total. The Kier molecular flexibility index (Phi) is 6.25. The molecule has 2 heterocycles. The molecule has 0 amide bonds. The van der Waals surface area contributed by atoms with Crippen molar-refractivity contribution in [3.05, 3.63) is 89.1 Å². The molecule has 0 bridgehead atoms. The highest BCUT2D eigenvalue weighted by atomic mass is 35.5. The molecule has 0 spiro atoms. The van der Waals surface area contributed by atoms with Gasteiger partial charge in [-0.05, 0) is 67.2 Å². The number of hydrogen-bond acceptors (Lipinski definition) is 5. The average Bonchev–Trinajstić information content (AvgIpc) is 3.22. The molecular weight excluding hydrogens is 516 g/mol. The molecule has 1 aliphatic heterocycles. The number of thiocarbonyl (C=S) groups is 1. The van der Waals surface area contributed by atoms with Gasteiger partial charge in [-0.1, -0.05) is 41.9 Å². The van der Waals surface area contributed by atoms with Crippen LogP contribution in [-0.2, 0) is 10.0 Å². The van der Waals surface area contributed by atoms with Crippen LogP contribution in [0.4, 0.5) is 11.4 Å². The van der Waals surface area contributed by atoms with Crippen LogP contribution < -0.4 is 15.0 Å². The smallest absolute Gasteiger partial charge is 0.264 e. The second-order valence-corrected chi connectivity index (χ2v) is 10.9. The summed E-state index contributed by atoms with van der Waals surface area (Å²) >= 11 is 11.1. The van der Waals surface area contributed by atoms with Gasteiger partial charge in [0.2, 0.25) is 0 Å². The van der Waals surface area contributed by atoms with Gasteiger partial charge in [0.1, 0.15) is 11.4 Å². The van der Waals surface area contributed by atoms with Gasteiger partial charge in [0.15, 0.2) is 5.11 Å². The third-order valence-electron chi connectivity index (χ3n) is 5.80. The highest BCUT2D eigenvalue weighted by Gasteiger charge is 2.36. The van der Waals surface area contributed by atoms with Crippen LogP contribution in [0.3, 0.4) is 0 Å². The van der Waals surface area contributed by atoms with E-state index in [1.807, 2.05) is 49.4 Å². The van der Waals surface area contributed by atoms with Crippen molar-refractivity contribution >= 4 is 56.5 Å². The van der Waals surface area contributed by atoms with E-state index >= 15 is 0 Å². The summed E-state index contributed by atoms with van der Waals surface area (Å²) in [5.74, 6) is 0. The van der Waals surface area contributed by atoms with Gasteiger partial charge in [-0.15, -0.1) is 0 Å². The van der Waals surface area contributed by atoms with Crippen LogP contribution in [0.15, 0.2) is 82.8 Å². The Balaban J connectivity index is 1.34. The zero-order chi connectivity index (χ0) is 25.4. The predicted molar refractivity (Wildman–Crippen MR) is 148 cm³/mol. The largest absolute Gasteiger partial charge is 0.331 e. The summed E-state index contributed by atoms with van der Waals surface area (Å²) in [5.41, 5.74) is 7.77. The molecule has 1 aromatic heterocycles. The lowest BCUT2D eigenvalue weighted by Gasteiger charge is -2.26. The third-order valence-corrected chi connectivity index (χ3v) is 8.06. The van der Waals surface area contributed by atoms with E-state index in [1.54, 1.807) is 48.3 Å². The summed E-state index contributed by atoms with van der Waals surface area (Å²) in [6.07, 6.45) is 1.65. The number of nitrogens with one attached hydrogen (secondary N) is 2. The molecule has 0 aliphatic carbocycles. The Morgan fingerprint density at radius 1 is 1.06 bits per heavy atom. The number of halogens is 1. The van der Waals surface area contributed by atoms with Crippen molar-refractivity contribution < 1.29 is 8.42 Å². The SMILES string of the molecule is Cc1c2c(nn1-c1ccc(/C=N/NC(=S)Nc3ccc(Cl)cc3)cc1)-c1ccccc1S(=O)(=O)N2C. The van der Waals surface area contributed by atoms with Crippen LogP contribution in [0.25, 0.3) is 16.9 Å². The van der Waals surface area contributed by atoms with Crippen molar-refractivity contribution in [3.8, 4) is 16.9 Å². The summed E-state index contributed by atoms with van der Waals surface area (Å²) in [6, 6.07) is 21.7. The van der Waals surface area contributed by atoms with Gasteiger partial charge in [0, 0.05) is 23.3 Å². The van der Waals surface area contributed by atoms with Gasteiger partial charge in [-0.2, -0.15) is 10.2 Å². The lowest BCUT2D eigenvalue weighted by Crippen LogP contribution is -2.30. The molecule has 0 saturated heterocycles. The van der Waals surface area contributed by atoms with Gasteiger partial charge in [0.25, 0.3) is 10.0 Å². The van der Waals surface area contributed by atoms with Crippen molar-refractivity contribution in [2.24, 2.45) is 5.10 Å². The number of hydrazone groups is 1. The number of fused-ring (bicyclic) bond motifs is 3. The predicted octanol–water partition coefficient (Wildman–Crippen LogP) is 4.96. The maximum atomic E-state index is 13.0. The van der Waals surface area contributed by atoms with E-state index in [-0.39, 0.29) is 4.90 Å². The van der Waals surface area contributed by atoms with Gasteiger partial charge < -0.3 is 5.32 Å². The molecule has 0 saturated carbocycles. The molecule has 5 rings (SSSR count). The number of sulfonamides is 1. The van der Waals surface area contributed by atoms with Crippen molar-refractivity contribution in [3.63, 3.8) is 0 Å². The van der Waals surface area contributed by atoms with E-state index in [0.717, 1.165) is 22.6 Å². The first-order valence-electron chi connectivity index (χ1n) is 10.9. The second kappa shape index (κ2) is 9.38. The fraction of sp³-hybridized carbons (Fsp3) is 0.0800. The van der Waals surface area contributed by atoms with Crippen LogP contribution in [0.2, 0.25) is 5.02 Å². The Morgan fingerprint density at radius 3 is 2.47 bits per heavy atom. The van der Waals surface area contributed by atoms with Gasteiger partial charge in [-0.25, -0.2) is 13.1 Å². The van der Waals surface area contributed by atoms with E-state index < -0.39 is 10.0 Å². The topological polar surface area (TPSA) is 91.6 Å². The van der Waals surface area contributed by atoms with Crippen molar-refractivity contribution in [1.82, 2.24) is 15.2 Å². The van der Waals surface area contributed by atoms with Gasteiger partial charge in [0.05, 0.1) is 22.5 Å². The summed E-state index contributed by atoms with van der Waals surface area (Å²) in [6.45, 7) is 1.86. The van der Waals surface area contributed by atoms with Crippen LogP contribution in [0.1, 0.15) is 11.3 Å². The number of benzene rings is 3. The van der Waals surface area contributed by atoms with E-state index in [9.17, 15) is 8.42 Å². The Hall–Kier alpha value is -3.73. The zero-order valence-electron chi connectivity index (χ0n) is 19.3. The Labute approximate surface area is 219 Å². The average molecular weight is 537 g/mol. The normalized spacial score (nSPS) is 13.8. The maximum absolute atomic E-state index is 13.0. The van der Waals surface area contributed by atoms with Gasteiger partial charge in [-0.3, -0.25) is 9.73 Å². The van der Waals surface area contributed by atoms with Crippen molar-refractivity contribution in [2.45, 2.75) is 11.8 Å². The van der Waals surface area contributed by atoms with E-state index in [4.69, 9.17) is 28.9 Å². The zero-order valence-corrected chi connectivity index (χ0v) is 21.7. The van der Waals surface area contributed by atoms with Crippen LogP contribution >= 0.6 is 23.8 Å². The lowest BCUT2D eigenvalue weighted by atomic mass is 10.1. The summed E-state index contributed by atoms with van der Waals surface area (Å²) < 4.78 is 29.1. The van der Waals surface area contributed by atoms with Crippen molar-refractivity contribution in [2.75, 3.05) is 16.7 Å². The van der Waals surface area contributed by atoms with E-state index in [1.165, 1.54) is 4.31 Å². The summed E-state index contributed by atoms with van der Waals surface area (Å²) in [4.78, 5) is 0.257. The molecule has 36 heavy (non-hydrogen) atoms. The van der Waals surface area contributed by atoms with Crippen LogP contribution in [0, 0.1) is 6.92 Å². The first-order valence-corrected chi connectivity index (χ1v) is 13.1. The Bertz CT molecular complexity index is 1600. The summed E-state index contributed by atoms with van der Waals surface area (Å²) in [5, 5.41) is 13.0. The number of hydrogen-bond donors (Lipinski definition) is 2. The van der Waals surface area contributed by atoms with Crippen LogP contribution in [0.5, 0.6) is 0 Å². The number of aromatic nitrogens is 2. The maximum Gasteiger partial charge on any atom is 0.264 e. The molecule has 0 radical (unpaired) electrons. The quantitative estimate of drug-likeness (QED) is 0.218. The third kappa shape index (κ3) is 4.34. The molecule has 0 unspecified atom stereocenters. The second-order valence-electron chi connectivity index (χ2n) is 8.09. The first kappa shape index (κ1) is 24.0. The standard InChI is InChI=1S/C25H21ClN6O2S2/c1-16-24-23(21-5-3-4-6-22(21)36(33,34)31(24)2)30-32(16)20-13-7-17(8-14-20)15-27-29-25(35)28-19-11-9-18(26)10-12-19/h3-15H,1-2H3,(H2,28,29,35)/b27-15+. The number of anilines is 2. The number of rotatable bonds is 4. The first-order chi connectivity index (χ1) is 17.3. The molecule has 3 aromatic carbocycles. The molecule has 1 aliphatic rings. The molecule has 8 nitrogen and oxygen atoms in total. The summed E-state index contributed by atoms with van der Waals surface area (Å²) in [7, 11) is -2.08. The molecule has 4 aromatic rings. The minimum absolute atomic E-state index is 0.257. The lowest BCUT2D eigenvalue weighted by molar-refractivity contribution is 0.594. The monoisotopic (exact) mass is 536 g/mol. The molecule has 182 valence electrons. The minimum Gasteiger partial charge on any atom is -0.331 e. The minimum atomic E-state index is -3.64. The highest BCUT2D eigenvalue weighted by molar-refractivity contribution is 7.93. The number of nitrogens with zero attached hydrogens (tertiary/aromatic N) is 4. The fourth-order valence-corrected chi connectivity index (χ4v) is 5.76. The molecule has 11 heteroatoms.